The fourth-order valence-electron chi connectivity index (χ4n) is 2.94. The van der Waals surface area contributed by atoms with Crippen molar-refractivity contribution >= 4 is 23.9 Å². The van der Waals surface area contributed by atoms with Gasteiger partial charge >= 0.3 is 12.1 Å². The van der Waals surface area contributed by atoms with Gasteiger partial charge in [0.1, 0.15) is 17.7 Å². The lowest BCUT2D eigenvalue weighted by Crippen LogP contribution is -2.57. The Hall–Kier alpha value is -2.83. The van der Waals surface area contributed by atoms with Crippen molar-refractivity contribution in [3.05, 3.63) is 0 Å². The molecule has 0 aromatic rings. The number of nitriles is 1. The van der Waals surface area contributed by atoms with Gasteiger partial charge in [0.05, 0.1) is 13.2 Å². The van der Waals surface area contributed by atoms with Crippen LogP contribution in [0.25, 0.3) is 0 Å². The summed E-state index contributed by atoms with van der Waals surface area (Å²) < 4.78 is 9.88. The van der Waals surface area contributed by atoms with Gasteiger partial charge in [0.15, 0.2) is 0 Å². The van der Waals surface area contributed by atoms with E-state index < -0.39 is 41.6 Å². The van der Waals surface area contributed by atoms with Crippen molar-refractivity contribution in [2.75, 3.05) is 7.11 Å². The molecule has 0 heterocycles. The van der Waals surface area contributed by atoms with E-state index in [1.54, 1.807) is 34.6 Å². The second-order valence-electron chi connectivity index (χ2n) is 9.60. The summed E-state index contributed by atoms with van der Waals surface area (Å²) in [5.74, 6) is -1.78. The molecule has 0 rings (SSSR count). The molecule has 0 saturated carbocycles. The summed E-state index contributed by atoms with van der Waals surface area (Å²) in [6, 6.07) is -0.183. The Bertz CT molecular complexity index is 709. The number of carbonyl (C=O) groups excluding carboxylic acids is 4. The third kappa shape index (κ3) is 12.7. The predicted molar refractivity (Wildman–Crippen MR) is 123 cm³/mol. The van der Waals surface area contributed by atoms with Crippen molar-refractivity contribution in [1.82, 2.24) is 16.0 Å². The molecule has 188 valence electrons. The van der Waals surface area contributed by atoms with Crippen LogP contribution >= 0.6 is 0 Å². The van der Waals surface area contributed by atoms with Crippen LogP contribution in [0.1, 0.15) is 74.1 Å². The van der Waals surface area contributed by atoms with Gasteiger partial charge in [0.2, 0.25) is 11.8 Å². The Morgan fingerprint density at radius 3 is 1.97 bits per heavy atom. The molecule has 3 atom stereocenters. The Labute approximate surface area is 197 Å². The number of esters is 1. The molecule has 3 N–H and O–H groups in total. The first kappa shape index (κ1) is 30.2. The van der Waals surface area contributed by atoms with Crippen LogP contribution in [-0.2, 0) is 23.9 Å². The Morgan fingerprint density at radius 2 is 1.52 bits per heavy atom. The molecular weight excluding hydrogens is 428 g/mol. The molecule has 33 heavy (non-hydrogen) atoms. The van der Waals surface area contributed by atoms with E-state index in [9.17, 15) is 19.2 Å². The maximum atomic E-state index is 13.0. The minimum absolute atomic E-state index is 0.0184. The van der Waals surface area contributed by atoms with E-state index >= 15 is 0 Å². The lowest BCUT2D eigenvalue weighted by Gasteiger charge is -2.28. The van der Waals surface area contributed by atoms with E-state index in [1.165, 1.54) is 7.11 Å². The number of carbonyl (C=O) groups is 4. The van der Waals surface area contributed by atoms with E-state index in [4.69, 9.17) is 10.00 Å². The third-order valence-corrected chi connectivity index (χ3v) is 4.82. The lowest BCUT2D eigenvalue weighted by atomic mass is 9.98. The number of hydrogen-bond acceptors (Lipinski definition) is 7. The van der Waals surface area contributed by atoms with Crippen LogP contribution in [-0.4, -0.2) is 54.7 Å². The maximum absolute atomic E-state index is 13.0. The number of nitrogens with zero attached hydrogens (tertiary/aromatic N) is 1. The average Bonchev–Trinajstić information content (AvgIpc) is 2.69. The van der Waals surface area contributed by atoms with Crippen LogP contribution in [0.3, 0.4) is 0 Å². The van der Waals surface area contributed by atoms with Crippen LogP contribution in [0, 0.1) is 23.2 Å². The topological polar surface area (TPSA) is 147 Å². The van der Waals surface area contributed by atoms with E-state index in [-0.39, 0.29) is 37.1 Å². The zero-order valence-electron chi connectivity index (χ0n) is 21.1. The van der Waals surface area contributed by atoms with Crippen LogP contribution in [0.4, 0.5) is 4.79 Å². The van der Waals surface area contributed by atoms with Gasteiger partial charge < -0.3 is 25.4 Å². The normalized spacial score (nSPS) is 14.0. The van der Waals surface area contributed by atoms with Crippen LogP contribution < -0.4 is 16.0 Å². The zero-order chi connectivity index (χ0) is 25.8. The van der Waals surface area contributed by atoms with Gasteiger partial charge in [-0.15, -0.1) is 0 Å². The highest BCUT2D eigenvalue weighted by molar-refractivity contribution is 5.91. The molecule has 10 heteroatoms. The highest BCUT2D eigenvalue weighted by Crippen LogP contribution is 2.12. The number of hydrogen-bond donors (Lipinski definition) is 3. The molecule has 0 bridgehead atoms. The standard InChI is InChI=1S/C23H40N4O6/c1-14(2)16(10-9-13-24)25-20(29)17(11-12-18(28)32-8)26-21(30)19(15(3)4)27-22(31)33-23(5,6)7/h14-17,19H,9-12H2,1-8H3,(H,25,29)(H,26,30)(H,27,31)/t16?,17-,19-/m0/s1. The summed E-state index contributed by atoms with van der Waals surface area (Å²) in [6.07, 6.45) is -0.0666. The van der Waals surface area contributed by atoms with E-state index in [0.29, 0.717) is 6.42 Å². The molecule has 0 fully saturated rings. The molecule has 0 radical (unpaired) electrons. The number of methoxy groups -OCH3 is 1. The molecule has 0 aromatic heterocycles. The average molecular weight is 469 g/mol. The molecule has 0 spiro atoms. The van der Waals surface area contributed by atoms with Crippen LogP contribution in [0.2, 0.25) is 0 Å². The molecule has 1 unspecified atom stereocenters. The van der Waals surface area contributed by atoms with Gasteiger partial charge in [0, 0.05) is 18.9 Å². The first-order valence-corrected chi connectivity index (χ1v) is 11.3. The summed E-state index contributed by atoms with van der Waals surface area (Å²) in [6.45, 7) is 12.5. The van der Waals surface area contributed by atoms with Crippen molar-refractivity contribution in [2.24, 2.45) is 11.8 Å². The third-order valence-electron chi connectivity index (χ3n) is 4.82. The minimum Gasteiger partial charge on any atom is -0.469 e. The fourth-order valence-corrected chi connectivity index (χ4v) is 2.94. The van der Waals surface area contributed by atoms with Gasteiger partial charge in [-0.2, -0.15) is 5.26 Å². The monoisotopic (exact) mass is 468 g/mol. The highest BCUT2D eigenvalue weighted by atomic mass is 16.6. The molecule has 0 aliphatic heterocycles. The molecule has 0 aliphatic rings. The number of alkyl carbamates (subject to hydrolysis) is 1. The van der Waals surface area contributed by atoms with Gasteiger partial charge in [-0.3, -0.25) is 14.4 Å². The molecule has 0 saturated heterocycles. The van der Waals surface area contributed by atoms with Crippen LogP contribution in [0.15, 0.2) is 0 Å². The maximum Gasteiger partial charge on any atom is 0.408 e. The van der Waals surface area contributed by atoms with Crippen LogP contribution in [0.5, 0.6) is 0 Å². The van der Waals surface area contributed by atoms with E-state index in [2.05, 4.69) is 26.8 Å². The number of rotatable bonds is 12. The summed E-state index contributed by atoms with van der Waals surface area (Å²) >= 11 is 0. The van der Waals surface area contributed by atoms with Crippen molar-refractivity contribution in [3.63, 3.8) is 0 Å². The Kier molecular flexibility index (Phi) is 13.1. The van der Waals surface area contributed by atoms with E-state index in [1.807, 2.05) is 13.8 Å². The van der Waals surface area contributed by atoms with Crippen molar-refractivity contribution in [3.8, 4) is 6.07 Å². The van der Waals surface area contributed by atoms with Crippen molar-refractivity contribution < 1.29 is 28.7 Å². The first-order chi connectivity index (χ1) is 15.2. The van der Waals surface area contributed by atoms with Gasteiger partial charge in [-0.1, -0.05) is 27.7 Å². The summed E-state index contributed by atoms with van der Waals surface area (Å²) in [5.41, 5.74) is -0.736. The summed E-state index contributed by atoms with van der Waals surface area (Å²) in [4.78, 5) is 49.8. The lowest BCUT2D eigenvalue weighted by molar-refractivity contribution is -0.141. The zero-order valence-corrected chi connectivity index (χ0v) is 21.1. The number of nitrogens with one attached hydrogen (secondary N) is 3. The highest BCUT2D eigenvalue weighted by Gasteiger charge is 2.31. The van der Waals surface area contributed by atoms with Gasteiger partial charge in [-0.05, 0) is 45.4 Å². The predicted octanol–water partition coefficient (Wildman–Crippen LogP) is 2.42. The summed E-state index contributed by atoms with van der Waals surface area (Å²) in [5, 5.41) is 16.9. The minimum atomic E-state index is -1.03. The molecule has 0 aromatic carbocycles. The Morgan fingerprint density at radius 1 is 0.909 bits per heavy atom. The molecule has 0 aliphatic carbocycles. The number of ether oxygens (including phenoxy) is 2. The van der Waals surface area contributed by atoms with Gasteiger partial charge in [-0.25, -0.2) is 4.79 Å². The second-order valence-corrected chi connectivity index (χ2v) is 9.60. The SMILES string of the molecule is COC(=O)CC[C@H](NC(=O)[C@@H](NC(=O)OC(C)(C)C)C(C)C)C(=O)NC(CCC#N)C(C)C. The fraction of sp³-hybridized carbons (Fsp3) is 0.783. The van der Waals surface area contributed by atoms with Gasteiger partial charge in [0.25, 0.3) is 0 Å². The second kappa shape index (κ2) is 14.3. The van der Waals surface area contributed by atoms with Crippen molar-refractivity contribution in [2.45, 2.75) is 97.9 Å². The smallest absolute Gasteiger partial charge is 0.408 e. The first-order valence-electron chi connectivity index (χ1n) is 11.3. The summed E-state index contributed by atoms with van der Waals surface area (Å²) in [7, 11) is 1.24. The largest absolute Gasteiger partial charge is 0.469 e. The molecule has 3 amide bonds. The molecular formula is C23H40N4O6. The molecule has 10 nitrogen and oxygen atoms in total. The Balaban J connectivity index is 5.50. The number of amides is 3. The van der Waals surface area contributed by atoms with E-state index in [0.717, 1.165) is 0 Å². The quantitative estimate of drug-likeness (QED) is 0.373. The van der Waals surface area contributed by atoms with Crippen molar-refractivity contribution in [1.29, 1.82) is 5.26 Å².